The van der Waals surface area contributed by atoms with Gasteiger partial charge in [0.25, 0.3) is 11.8 Å². The average molecular weight is 565 g/mol. The maximum absolute atomic E-state index is 13.1. The molecule has 0 bridgehead atoms. The van der Waals surface area contributed by atoms with Crippen molar-refractivity contribution in [3.05, 3.63) is 88.0 Å². The predicted octanol–water partition coefficient (Wildman–Crippen LogP) is 5.77. The van der Waals surface area contributed by atoms with Crippen LogP contribution in [0, 0.1) is 0 Å². The first kappa shape index (κ1) is 26.6. The van der Waals surface area contributed by atoms with Gasteiger partial charge in [0.2, 0.25) is 0 Å². The topological polar surface area (TPSA) is 85.9 Å². The summed E-state index contributed by atoms with van der Waals surface area (Å²) in [6, 6.07) is 16.2. The second-order valence-electron chi connectivity index (χ2n) is 7.10. The molecule has 0 atom stereocenters. The van der Waals surface area contributed by atoms with Crippen LogP contribution in [0.15, 0.2) is 76.9 Å². The molecule has 0 unspecified atom stereocenters. The van der Waals surface area contributed by atoms with Crippen LogP contribution < -0.4 is 24.8 Å². The number of para-hydroxylation sites is 1. The van der Waals surface area contributed by atoms with E-state index in [1.807, 2.05) is 0 Å². The zero-order chi connectivity index (χ0) is 26.3. The highest BCUT2D eigenvalue weighted by molar-refractivity contribution is 9.10. The standard InChI is InChI=1S/C25H20BrF3N2O5/c1-34-21-9-5-6-15(22(21)35-2)14-20(31-23(32)18-7-3-4-8-19(18)26)24(33)30-16-10-12-17(13-11-16)36-25(27,28)29/h3-14H,1-2H3,(H,30,33)(H,31,32)/b20-14-. The highest BCUT2D eigenvalue weighted by Gasteiger charge is 2.31. The smallest absolute Gasteiger partial charge is 0.493 e. The van der Waals surface area contributed by atoms with Crippen LogP contribution in [-0.2, 0) is 4.79 Å². The number of anilines is 1. The Morgan fingerprint density at radius 3 is 2.22 bits per heavy atom. The van der Waals surface area contributed by atoms with Crippen LogP contribution in [0.1, 0.15) is 15.9 Å². The van der Waals surface area contributed by atoms with Gasteiger partial charge in [-0.3, -0.25) is 9.59 Å². The summed E-state index contributed by atoms with van der Waals surface area (Å²) in [6.45, 7) is 0. The number of ether oxygens (including phenoxy) is 3. The second-order valence-corrected chi connectivity index (χ2v) is 7.96. The number of rotatable bonds is 8. The van der Waals surface area contributed by atoms with Gasteiger partial charge in [-0.1, -0.05) is 24.3 Å². The number of alkyl halides is 3. The molecule has 7 nitrogen and oxygen atoms in total. The molecule has 3 aromatic carbocycles. The average Bonchev–Trinajstić information content (AvgIpc) is 2.83. The quantitative estimate of drug-likeness (QED) is 0.339. The van der Waals surface area contributed by atoms with Gasteiger partial charge in [0.1, 0.15) is 11.4 Å². The van der Waals surface area contributed by atoms with E-state index in [1.165, 1.54) is 32.4 Å². The van der Waals surface area contributed by atoms with Crippen molar-refractivity contribution >= 4 is 39.5 Å². The Kier molecular flexibility index (Phi) is 8.59. The predicted molar refractivity (Wildman–Crippen MR) is 131 cm³/mol. The lowest BCUT2D eigenvalue weighted by Crippen LogP contribution is -2.31. The van der Waals surface area contributed by atoms with E-state index in [1.54, 1.807) is 42.5 Å². The third-order valence-electron chi connectivity index (χ3n) is 4.69. The van der Waals surface area contributed by atoms with Crippen LogP contribution in [0.5, 0.6) is 17.2 Å². The number of benzene rings is 3. The summed E-state index contributed by atoms with van der Waals surface area (Å²) in [5.74, 6) is -1.01. The summed E-state index contributed by atoms with van der Waals surface area (Å²) in [5.41, 5.74) is 0.733. The molecule has 188 valence electrons. The van der Waals surface area contributed by atoms with Crippen LogP contribution in [0.3, 0.4) is 0 Å². The lowest BCUT2D eigenvalue weighted by molar-refractivity contribution is -0.274. The molecular weight excluding hydrogens is 545 g/mol. The number of carbonyl (C=O) groups excluding carboxylic acids is 2. The minimum atomic E-state index is -4.84. The van der Waals surface area contributed by atoms with Gasteiger partial charge in [-0.25, -0.2) is 0 Å². The number of amides is 2. The number of nitrogens with one attached hydrogen (secondary N) is 2. The Hall–Kier alpha value is -3.99. The van der Waals surface area contributed by atoms with Gasteiger partial charge >= 0.3 is 6.36 Å². The van der Waals surface area contributed by atoms with Crippen LogP contribution in [0.25, 0.3) is 6.08 Å². The van der Waals surface area contributed by atoms with Crippen LogP contribution >= 0.6 is 15.9 Å². The molecule has 0 heterocycles. The van der Waals surface area contributed by atoms with Crippen molar-refractivity contribution in [1.29, 1.82) is 0 Å². The first-order valence-corrected chi connectivity index (χ1v) is 11.1. The number of halogens is 4. The number of carbonyl (C=O) groups is 2. The lowest BCUT2D eigenvalue weighted by atomic mass is 10.1. The Morgan fingerprint density at radius 2 is 1.61 bits per heavy atom. The summed E-state index contributed by atoms with van der Waals surface area (Å²) < 4.78 is 52.3. The molecule has 0 saturated heterocycles. The summed E-state index contributed by atoms with van der Waals surface area (Å²) in [5, 5.41) is 5.13. The largest absolute Gasteiger partial charge is 0.573 e. The maximum Gasteiger partial charge on any atom is 0.573 e. The molecule has 0 saturated carbocycles. The fraction of sp³-hybridized carbons (Fsp3) is 0.120. The molecule has 0 aromatic heterocycles. The SMILES string of the molecule is COc1cccc(/C=C(\NC(=O)c2ccccc2Br)C(=O)Nc2ccc(OC(F)(F)F)cc2)c1OC. The van der Waals surface area contributed by atoms with E-state index in [4.69, 9.17) is 9.47 Å². The number of hydrogen-bond acceptors (Lipinski definition) is 5. The van der Waals surface area contributed by atoms with Crippen LogP contribution in [0.2, 0.25) is 0 Å². The third-order valence-corrected chi connectivity index (χ3v) is 5.38. The van der Waals surface area contributed by atoms with Crippen molar-refractivity contribution in [2.24, 2.45) is 0 Å². The van der Waals surface area contributed by atoms with Gasteiger partial charge in [-0.15, -0.1) is 13.2 Å². The van der Waals surface area contributed by atoms with Crippen LogP contribution in [0.4, 0.5) is 18.9 Å². The van der Waals surface area contributed by atoms with E-state index >= 15 is 0 Å². The first-order chi connectivity index (χ1) is 17.1. The zero-order valence-electron chi connectivity index (χ0n) is 19.0. The molecule has 0 aliphatic carbocycles. The Balaban J connectivity index is 1.94. The van der Waals surface area contributed by atoms with E-state index in [0.717, 1.165) is 12.1 Å². The van der Waals surface area contributed by atoms with Gasteiger partial charge in [-0.2, -0.15) is 0 Å². The van der Waals surface area contributed by atoms with Crippen molar-refractivity contribution in [2.75, 3.05) is 19.5 Å². The first-order valence-electron chi connectivity index (χ1n) is 10.3. The number of hydrogen-bond donors (Lipinski definition) is 2. The Morgan fingerprint density at radius 1 is 0.917 bits per heavy atom. The lowest BCUT2D eigenvalue weighted by Gasteiger charge is -2.14. The molecular formula is C25H20BrF3N2O5. The fourth-order valence-electron chi connectivity index (χ4n) is 3.11. The highest BCUT2D eigenvalue weighted by Crippen LogP contribution is 2.32. The molecule has 2 amide bonds. The molecule has 0 aliphatic rings. The fourth-order valence-corrected chi connectivity index (χ4v) is 3.58. The van der Waals surface area contributed by atoms with Crippen LogP contribution in [-0.4, -0.2) is 32.4 Å². The Labute approximate surface area is 213 Å². The van der Waals surface area contributed by atoms with E-state index in [-0.39, 0.29) is 16.9 Å². The summed E-state index contributed by atoms with van der Waals surface area (Å²) >= 11 is 3.30. The van der Waals surface area contributed by atoms with Crippen molar-refractivity contribution in [3.63, 3.8) is 0 Å². The maximum atomic E-state index is 13.1. The van der Waals surface area contributed by atoms with Gasteiger partial charge in [0.05, 0.1) is 19.8 Å². The number of methoxy groups -OCH3 is 2. The molecule has 0 aliphatic heterocycles. The van der Waals surface area contributed by atoms with E-state index < -0.39 is 23.9 Å². The van der Waals surface area contributed by atoms with E-state index in [0.29, 0.717) is 21.5 Å². The molecule has 36 heavy (non-hydrogen) atoms. The van der Waals surface area contributed by atoms with Crippen molar-refractivity contribution < 1.29 is 37.0 Å². The molecule has 0 radical (unpaired) electrons. The molecule has 0 spiro atoms. The summed E-state index contributed by atoms with van der Waals surface area (Å²) in [4.78, 5) is 26.1. The minimum Gasteiger partial charge on any atom is -0.493 e. The zero-order valence-corrected chi connectivity index (χ0v) is 20.6. The van der Waals surface area contributed by atoms with Gasteiger partial charge in [0.15, 0.2) is 11.5 Å². The van der Waals surface area contributed by atoms with Crippen molar-refractivity contribution in [3.8, 4) is 17.2 Å². The molecule has 0 fully saturated rings. The van der Waals surface area contributed by atoms with Crippen molar-refractivity contribution in [1.82, 2.24) is 5.32 Å². The van der Waals surface area contributed by atoms with Gasteiger partial charge in [-0.05, 0) is 64.5 Å². The van der Waals surface area contributed by atoms with Gasteiger partial charge < -0.3 is 24.8 Å². The van der Waals surface area contributed by atoms with E-state index in [9.17, 15) is 22.8 Å². The Bertz CT molecular complexity index is 1280. The van der Waals surface area contributed by atoms with Crippen molar-refractivity contribution in [2.45, 2.75) is 6.36 Å². The summed E-state index contributed by atoms with van der Waals surface area (Å²) in [7, 11) is 2.89. The summed E-state index contributed by atoms with van der Waals surface area (Å²) in [6.07, 6.45) is -3.45. The monoisotopic (exact) mass is 564 g/mol. The second kappa shape index (κ2) is 11.6. The normalized spacial score (nSPS) is 11.4. The molecule has 3 aromatic rings. The molecule has 2 N–H and O–H groups in total. The minimum absolute atomic E-state index is 0.155. The third kappa shape index (κ3) is 7.01. The highest BCUT2D eigenvalue weighted by atomic mass is 79.9. The van der Waals surface area contributed by atoms with Gasteiger partial charge in [0, 0.05) is 15.7 Å². The van der Waals surface area contributed by atoms with E-state index in [2.05, 4.69) is 31.3 Å². The molecule has 3 rings (SSSR count). The molecule has 11 heteroatoms.